The summed E-state index contributed by atoms with van der Waals surface area (Å²) in [6.45, 7) is 6.61. The molecule has 1 aliphatic rings. The first-order valence-electron chi connectivity index (χ1n) is 7.29. The second-order valence-corrected chi connectivity index (χ2v) is 6.19. The van der Waals surface area contributed by atoms with Gasteiger partial charge in [-0.25, -0.2) is 0 Å². The molecule has 0 amide bonds. The summed E-state index contributed by atoms with van der Waals surface area (Å²) >= 11 is 0. The lowest BCUT2D eigenvalue weighted by molar-refractivity contribution is -0.136. The highest BCUT2D eigenvalue weighted by atomic mass is 19.4. The lowest BCUT2D eigenvalue weighted by atomic mass is 9.92. The maximum absolute atomic E-state index is 12.2. The minimum atomic E-state index is -4.05. The van der Waals surface area contributed by atoms with Crippen LogP contribution in [0.5, 0.6) is 0 Å². The van der Waals surface area contributed by atoms with Crippen molar-refractivity contribution in [1.29, 1.82) is 0 Å². The van der Waals surface area contributed by atoms with E-state index < -0.39 is 12.6 Å². The van der Waals surface area contributed by atoms with Gasteiger partial charge < -0.3 is 5.73 Å². The van der Waals surface area contributed by atoms with Gasteiger partial charge in [0.05, 0.1) is 0 Å². The number of halogens is 3. The number of nitrogens with zero attached hydrogens (tertiary/aromatic N) is 1. The Morgan fingerprint density at radius 1 is 1.16 bits per heavy atom. The highest BCUT2D eigenvalue weighted by Gasteiger charge is 2.33. The molecule has 1 fully saturated rings. The van der Waals surface area contributed by atoms with Crippen molar-refractivity contribution in [3.8, 4) is 0 Å². The van der Waals surface area contributed by atoms with Gasteiger partial charge in [-0.15, -0.1) is 0 Å². The summed E-state index contributed by atoms with van der Waals surface area (Å²) in [6.07, 6.45) is -0.610. The van der Waals surface area contributed by atoms with Crippen LogP contribution in [0.2, 0.25) is 0 Å². The second-order valence-electron chi connectivity index (χ2n) is 6.19. The average Bonchev–Trinajstić information content (AvgIpc) is 2.52. The zero-order chi connectivity index (χ0) is 14.5. The Hall–Kier alpha value is -0.290. The van der Waals surface area contributed by atoms with Crippen molar-refractivity contribution in [2.75, 3.05) is 19.6 Å². The summed E-state index contributed by atoms with van der Waals surface area (Å²) in [5.41, 5.74) is 5.57. The maximum atomic E-state index is 12.2. The minimum absolute atomic E-state index is 0.170. The van der Waals surface area contributed by atoms with Gasteiger partial charge in [0.15, 0.2) is 0 Å². The molecule has 114 valence electrons. The van der Waals surface area contributed by atoms with Crippen LogP contribution in [0.1, 0.15) is 52.4 Å². The average molecular weight is 280 g/mol. The Morgan fingerprint density at radius 2 is 1.84 bits per heavy atom. The zero-order valence-corrected chi connectivity index (χ0v) is 12.1. The third-order valence-corrected chi connectivity index (χ3v) is 4.40. The SMILES string of the molecule is CC1CCCN(C(C)(CN)CCCC(F)(F)F)CC1. The Kier molecular flexibility index (Phi) is 6.12. The van der Waals surface area contributed by atoms with Gasteiger partial charge >= 0.3 is 6.18 Å². The van der Waals surface area contributed by atoms with Crippen molar-refractivity contribution < 1.29 is 13.2 Å². The van der Waals surface area contributed by atoms with Crippen molar-refractivity contribution >= 4 is 0 Å². The van der Waals surface area contributed by atoms with Crippen molar-refractivity contribution in [3.63, 3.8) is 0 Å². The first-order valence-corrected chi connectivity index (χ1v) is 7.29. The highest BCUT2D eigenvalue weighted by Crippen LogP contribution is 2.29. The number of rotatable bonds is 5. The molecule has 5 heteroatoms. The molecule has 0 aromatic rings. The van der Waals surface area contributed by atoms with E-state index in [2.05, 4.69) is 11.8 Å². The molecule has 2 N–H and O–H groups in total. The van der Waals surface area contributed by atoms with Gasteiger partial charge in [-0.2, -0.15) is 13.2 Å². The Morgan fingerprint density at radius 3 is 2.42 bits per heavy atom. The van der Waals surface area contributed by atoms with Gasteiger partial charge in [0, 0.05) is 18.5 Å². The molecule has 1 aliphatic heterocycles. The van der Waals surface area contributed by atoms with Crippen molar-refractivity contribution in [3.05, 3.63) is 0 Å². The molecule has 1 rings (SSSR count). The Bertz CT molecular complexity index is 268. The van der Waals surface area contributed by atoms with Crippen LogP contribution in [-0.4, -0.2) is 36.2 Å². The molecule has 0 spiro atoms. The molecule has 19 heavy (non-hydrogen) atoms. The smallest absolute Gasteiger partial charge is 0.329 e. The molecule has 0 aromatic carbocycles. The molecule has 1 saturated heterocycles. The van der Waals surface area contributed by atoms with Crippen LogP contribution in [0.3, 0.4) is 0 Å². The largest absolute Gasteiger partial charge is 0.389 e. The van der Waals surface area contributed by atoms with Gasteiger partial charge in [-0.05, 0) is 58.0 Å². The molecule has 0 aliphatic carbocycles. The summed E-state index contributed by atoms with van der Waals surface area (Å²) < 4.78 is 36.7. The van der Waals surface area contributed by atoms with Crippen LogP contribution < -0.4 is 5.73 Å². The number of hydrogen-bond donors (Lipinski definition) is 1. The van der Waals surface area contributed by atoms with Crippen molar-refractivity contribution in [2.45, 2.75) is 64.1 Å². The van der Waals surface area contributed by atoms with E-state index >= 15 is 0 Å². The first kappa shape index (κ1) is 16.8. The van der Waals surface area contributed by atoms with Crippen LogP contribution in [-0.2, 0) is 0 Å². The third kappa shape index (κ3) is 5.69. The van der Waals surface area contributed by atoms with Crippen molar-refractivity contribution in [2.24, 2.45) is 11.7 Å². The van der Waals surface area contributed by atoms with E-state index in [1.165, 1.54) is 6.42 Å². The van der Waals surface area contributed by atoms with Gasteiger partial charge in [-0.3, -0.25) is 4.90 Å². The van der Waals surface area contributed by atoms with E-state index in [0.717, 1.165) is 25.9 Å². The topological polar surface area (TPSA) is 29.3 Å². The standard InChI is InChI=1S/C14H27F3N2/c1-12-5-3-9-19(10-6-12)13(2,11-18)7-4-8-14(15,16)17/h12H,3-11,18H2,1-2H3. The quantitative estimate of drug-likeness (QED) is 0.834. The predicted molar refractivity (Wildman–Crippen MR) is 72.0 cm³/mol. The summed E-state index contributed by atoms with van der Waals surface area (Å²) in [7, 11) is 0. The van der Waals surface area contributed by atoms with Gasteiger partial charge in [-0.1, -0.05) is 6.92 Å². The van der Waals surface area contributed by atoms with Gasteiger partial charge in [0.2, 0.25) is 0 Å². The monoisotopic (exact) mass is 280 g/mol. The molecule has 2 atom stereocenters. The van der Waals surface area contributed by atoms with E-state index in [4.69, 9.17) is 5.73 Å². The molecule has 0 saturated carbocycles. The van der Waals surface area contributed by atoms with Crippen LogP contribution in [0.15, 0.2) is 0 Å². The molecule has 0 radical (unpaired) electrons. The Labute approximate surface area is 114 Å². The molecule has 2 unspecified atom stereocenters. The zero-order valence-electron chi connectivity index (χ0n) is 12.1. The number of hydrogen-bond acceptors (Lipinski definition) is 2. The molecule has 0 bridgehead atoms. The third-order valence-electron chi connectivity index (χ3n) is 4.40. The van der Waals surface area contributed by atoms with Crippen molar-refractivity contribution in [1.82, 2.24) is 4.90 Å². The van der Waals surface area contributed by atoms with Crippen LogP contribution in [0.25, 0.3) is 0 Å². The fourth-order valence-electron chi connectivity index (χ4n) is 2.86. The van der Waals surface area contributed by atoms with Crippen LogP contribution in [0.4, 0.5) is 13.2 Å². The van der Waals surface area contributed by atoms with Gasteiger partial charge in [0.1, 0.15) is 0 Å². The lowest BCUT2D eigenvalue weighted by Gasteiger charge is -2.40. The van der Waals surface area contributed by atoms with Gasteiger partial charge in [0.25, 0.3) is 0 Å². The van der Waals surface area contributed by atoms with E-state index in [0.29, 0.717) is 18.9 Å². The fraction of sp³-hybridized carbons (Fsp3) is 1.00. The Balaban J connectivity index is 2.52. The second kappa shape index (κ2) is 6.93. The van der Waals surface area contributed by atoms with E-state index in [1.807, 2.05) is 6.92 Å². The normalized spacial score (nSPS) is 25.9. The fourth-order valence-corrected chi connectivity index (χ4v) is 2.86. The summed E-state index contributed by atoms with van der Waals surface area (Å²) in [5.74, 6) is 0.710. The number of alkyl halides is 3. The molecule has 1 heterocycles. The van der Waals surface area contributed by atoms with Crippen LogP contribution in [0, 0.1) is 5.92 Å². The predicted octanol–water partition coefficient (Wildman–Crippen LogP) is 3.56. The van der Waals surface area contributed by atoms with E-state index in [-0.39, 0.29) is 12.0 Å². The van der Waals surface area contributed by atoms with E-state index in [1.54, 1.807) is 0 Å². The summed E-state index contributed by atoms with van der Waals surface area (Å²) in [4.78, 5) is 2.31. The summed E-state index contributed by atoms with van der Waals surface area (Å²) in [5, 5.41) is 0. The van der Waals surface area contributed by atoms with Crippen LogP contribution >= 0.6 is 0 Å². The summed E-state index contributed by atoms with van der Waals surface area (Å²) in [6, 6.07) is 0. The molecular formula is C14H27F3N2. The highest BCUT2D eigenvalue weighted by molar-refractivity contribution is 4.89. The van der Waals surface area contributed by atoms with E-state index in [9.17, 15) is 13.2 Å². The lowest BCUT2D eigenvalue weighted by Crippen LogP contribution is -2.52. The minimum Gasteiger partial charge on any atom is -0.329 e. The number of likely N-dealkylation sites (tertiary alicyclic amines) is 1. The molecule has 2 nitrogen and oxygen atoms in total. The number of nitrogens with two attached hydrogens (primary N) is 1. The maximum Gasteiger partial charge on any atom is 0.389 e. The molecule has 0 aromatic heterocycles. The molecular weight excluding hydrogens is 253 g/mol. The first-order chi connectivity index (χ1) is 8.77.